The highest BCUT2D eigenvalue weighted by Gasteiger charge is 2.30. The molecule has 5 nitrogen and oxygen atoms in total. The lowest BCUT2D eigenvalue weighted by atomic mass is 10.2. The number of carbonyl (C=O) groups is 2. The van der Waals surface area contributed by atoms with E-state index in [2.05, 4.69) is 6.07 Å². The van der Waals surface area contributed by atoms with E-state index in [0.717, 1.165) is 19.4 Å². The number of rotatable bonds is 7. The van der Waals surface area contributed by atoms with Crippen molar-refractivity contribution in [1.82, 2.24) is 4.90 Å². The number of carboxylic acid groups (broad SMARTS) is 1. The van der Waals surface area contributed by atoms with Crippen molar-refractivity contribution < 1.29 is 14.7 Å². The Bertz CT molecular complexity index is 479. The zero-order valence-corrected chi connectivity index (χ0v) is 13.4. The second kappa shape index (κ2) is 7.82. The predicted octanol–water partition coefficient (Wildman–Crippen LogP) is 1.95. The molecule has 7 heteroatoms. The Hall–Kier alpha value is -1.05. The Morgan fingerprint density at radius 1 is 1.57 bits per heavy atom. The van der Waals surface area contributed by atoms with Crippen LogP contribution in [0, 0.1) is 0 Å². The molecule has 1 aromatic heterocycles. The molecule has 0 aliphatic carbocycles. The number of thiophene rings is 1. The van der Waals surface area contributed by atoms with Gasteiger partial charge in [-0.3, -0.25) is 9.59 Å². The van der Waals surface area contributed by atoms with Crippen LogP contribution in [0.4, 0.5) is 0 Å². The Morgan fingerprint density at radius 3 is 3.05 bits per heavy atom. The molecule has 2 heterocycles. The molecule has 0 bridgehead atoms. The molecule has 2 unspecified atom stereocenters. The van der Waals surface area contributed by atoms with Crippen molar-refractivity contribution in [3.63, 3.8) is 0 Å². The van der Waals surface area contributed by atoms with Crippen LogP contribution < -0.4 is 5.73 Å². The number of nitrogens with two attached hydrogens (primary N) is 1. The Kier molecular flexibility index (Phi) is 6.08. The third-order valence-corrected chi connectivity index (χ3v) is 5.51. The van der Waals surface area contributed by atoms with Gasteiger partial charge in [-0.15, -0.1) is 11.3 Å². The molecule has 2 rings (SSSR count). The Balaban J connectivity index is 1.76. The van der Waals surface area contributed by atoms with Gasteiger partial charge in [0.2, 0.25) is 5.91 Å². The van der Waals surface area contributed by atoms with Gasteiger partial charge in [-0.25, -0.2) is 0 Å². The standard InChI is InChI=1S/C14H20N2O3S2/c15-10(14(18)19)5-8-20-9-13(17)16-6-1-3-11(16)12-4-2-7-21-12/h2,4,7,10-11H,1,3,5-6,8-9,15H2,(H,18,19). The van der Waals surface area contributed by atoms with Crippen LogP contribution in [-0.4, -0.2) is 46.0 Å². The molecule has 1 aliphatic heterocycles. The first-order valence-corrected chi connectivity index (χ1v) is 9.02. The third-order valence-electron chi connectivity index (χ3n) is 3.56. The number of likely N-dealkylation sites (tertiary alicyclic amines) is 1. The largest absolute Gasteiger partial charge is 0.480 e. The number of hydrogen-bond donors (Lipinski definition) is 2. The van der Waals surface area contributed by atoms with Crippen molar-refractivity contribution in [3.05, 3.63) is 22.4 Å². The summed E-state index contributed by atoms with van der Waals surface area (Å²) in [4.78, 5) is 26.1. The molecule has 1 aliphatic rings. The van der Waals surface area contributed by atoms with Crippen LogP contribution in [-0.2, 0) is 9.59 Å². The van der Waals surface area contributed by atoms with Gasteiger partial charge in [0.1, 0.15) is 6.04 Å². The normalized spacial score (nSPS) is 19.7. The lowest BCUT2D eigenvalue weighted by Crippen LogP contribution is -2.32. The van der Waals surface area contributed by atoms with E-state index in [1.54, 1.807) is 11.3 Å². The number of aliphatic carboxylic acids is 1. The first-order valence-electron chi connectivity index (χ1n) is 6.98. The first-order chi connectivity index (χ1) is 10.1. The van der Waals surface area contributed by atoms with E-state index in [1.807, 2.05) is 16.3 Å². The molecule has 2 atom stereocenters. The molecule has 0 radical (unpaired) electrons. The molecule has 1 aromatic rings. The first kappa shape index (κ1) is 16.3. The molecule has 116 valence electrons. The number of nitrogens with zero attached hydrogens (tertiary/aromatic N) is 1. The molecule has 0 aromatic carbocycles. The minimum Gasteiger partial charge on any atom is -0.480 e. The van der Waals surface area contributed by atoms with Gasteiger partial charge >= 0.3 is 5.97 Å². The molecule has 21 heavy (non-hydrogen) atoms. The number of carboxylic acids is 1. The summed E-state index contributed by atoms with van der Waals surface area (Å²) in [5, 5.41) is 10.7. The number of thioether (sulfide) groups is 1. The van der Waals surface area contributed by atoms with Gasteiger partial charge in [0.15, 0.2) is 0 Å². The zero-order chi connectivity index (χ0) is 15.2. The van der Waals surface area contributed by atoms with E-state index in [9.17, 15) is 9.59 Å². The topological polar surface area (TPSA) is 83.6 Å². The fourth-order valence-corrected chi connectivity index (χ4v) is 4.20. The zero-order valence-electron chi connectivity index (χ0n) is 11.7. The summed E-state index contributed by atoms with van der Waals surface area (Å²) >= 11 is 3.16. The van der Waals surface area contributed by atoms with Gasteiger partial charge in [0.05, 0.1) is 11.8 Å². The summed E-state index contributed by atoms with van der Waals surface area (Å²) in [7, 11) is 0. The van der Waals surface area contributed by atoms with E-state index in [-0.39, 0.29) is 11.9 Å². The van der Waals surface area contributed by atoms with Gasteiger partial charge in [-0.05, 0) is 36.5 Å². The van der Waals surface area contributed by atoms with Crippen LogP contribution in [0.5, 0.6) is 0 Å². The van der Waals surface area contributed by atoms with E-state index in [1.165, 1.54) is 16.6 Å². The molecule has 0 spiro atoms. The average Bonchev–Trinajstić information content (AvgIpc) is 3.11. The summed E-state index contributed by atoms with van der Waals surface area (Å²) in [6, 6.07) is 3.49. The van der Waals surface area contributed by atoms with Gasteiger partial charge in [0.25, 0.3) is 0 Å². The van der Waals surface area contributed by atoms with Crippen LogP contribution in [0.25, 0.3) is 0 Å². The number of amides is 1. The van der Waals surface area contributed by atoms with Gasteiger partial charge < -0.3 is 15.7 Å². The fraction of sp³-hybridized carbons (Fsp3) is 0.571. The minimum absolute atomic E-state index is 0.139. The highest BCUT2D eigenvalue weighted by molar-refractivity contribution is 7.99. The lowest BCUT2D eigenvalue weighted by molar-refractivity contribution is -0.138. The lowest BCUT2D eigenvalue weighted by Gasteiger charge is -2.23. The van der Waals surface area contributed by atoms with Crippen molar-refractivity contribution in [1.29, 1.82) is 0 Å². The smallest absolute Gasteiger partial charge is 0.320 e. The quantitative estimate of drug-likeness (QED) is 0.747. The van der Waals surface area contributed by atoms with Crippen LogP contribution in [0.2, 0.25) is 0 Å². The SMILES string of the molecule is NC(CCSCC(=O)N1CCCC1c1cccs1)C(=O)O. The molecular formula is C14H20N2O3S2. The molecule has 1 amide bonds. The van der Waals surface area contributed by atoms with E-state index < -0.39 is 12.0 Å². The highest BCUT2D eigenvalue weighted by Crippen LogP contribution is 2.34. The van der Waals surface area contributed by atoms with Crippen molar-refractivity contribution in [2.24, 2.45) is 5.73 Å². The summed E-state index contributed by atoms with van der Waals surface area (Å²) in [5.41, 5.74) is 5.43. The summed E-state index contributed by atoms with van der Waals surface area (Å²) in [6.07, 6.45) is 2.46. The number of carbonyl (C=O) groups excluding carboxylic acids is 1. The maximum atomic E-state index is 12.3. The fourth-order valence-electron chi connectivity index (χ4n) is 2.42. The second-order valence-corrected chi connectivity index (χ2v) is 7.13. The third kappa shape index (κ3) is 4.46. The Morgan fingerprint density at radius 2 is 2.38 bits per heavy atom. The maximum absolute atomic E-state index is 12.3. The summed E-state index contributed by atoms with van der Waals surface area (Å²) in [5.74, 6) is 0.143. The molecular weight excluding hydrogens is 308 g/mol. The van der Waals surface area contributed by atoms with Crippen LogP contribution in [0.15, 0.2) is 17.5 Å². The summed E-state index contributed by atoms with van der Waals surface area (Å²) < 4.78 is 0. The van der Waals surface area contributed by atoms with Crippen LogP contribution in [0.3, 0.4) is 0 Å². The molecule has 3 N–H and O–H groups in total. The molecule has 1 fully saturated rings. The number of hydrogen-bond acceptors (Lipinski definition) is 5. The van der Waals surface area contributed by atoms with Crippen molar-refractivity contribution >= 4 is 35.0 Å². The van der Waals surface area contributed by atoms with Crippen molar-refractivity contribution in [2.45, 2.75) is 31.3 Å². The molecule has 0 saturated carbocycles. The van der Waals surface area contributed by atoms with Gasteiger partial charge in [-0.1, -0.05) is 6.07 Å². The summed E-state index contributed by atoms with van der Waals surface area (Å²) in [6.45, 7) is 0.816. The van der Waals surface area contributed by atoms with Crippen molar-refractivity contribution in [3.8, 4) is 0 Å². The van der Waals surface area contributed by atoms with Gasteiger partial charge in [-0.2, -0.15) is 11.8 Å². The second-order valence-electron chi connectivity index (χ2n) is 5.05. The van der Waals surface area contributed by atoms with Crippen LogP contribution >= 0.6 is 23.1 Å². The van der Waals surface area contributed by atoms with E-state index in [0.29, 0.717) is 17.9 Å². The minimum atomic E-state index is -0.987. The Labute approximate surface area is 132 Å². The van der Waals surface area contributed by atoms with E-state index >= 15 is 0 Å². The van der Waals surface area contributed by atoms with Crippen molar-refractivity contribution in [2.75, 3.05) is 18.1 Å². The predicted molar refractivity (Wildman–Crippen MR) is 85.6 cm³/mol. The maximum Gasteiger partial charge on any atom is 0.320 e. The van der Waals surface area contributed by atoms with Gasteiger partial charge in [0, 0.05) is 11.4 Å². The van der Waals surface area contributed by atoms with E-state index in [4.69, 9.17) is 10.8 Å². The monoisotopic (exact) mass is 328 g/mol. The average molecular weight is 328 g/mol. The highest BCUT2D eigenvalue weighted by atomic mass is 32.2. The van der Waals surface area contributed by atoms with Crippen LogP contribution in [0.1, 0.15) is 30.2 Å². The molecule has 1 saturated heterocycles.